The third-order valence-corrected chi connectivity index (χ3v) is 5.45. The van der Waals surface area contributed by atoms with Crippen molar-refractivity contribution < 1.29 is 32.6 Å². The molecule has 1 saturated carbocycles. The first-order valence-electron chi connectivity index (χ1n) is 7.88. The number of nitrogens with one attached hydrogen (secondary N) is 2. The van der Waals surface area contributed by atoms with Crippen LogP contribution in [0.1, 0.15) is 30.1 Å². The number of aliphatic carboxylic acids is 1. The Labute approximate surface area is 151 Å². The molecule has 1 fully saturated rings. The number of rotatable bonds is 9. The Morgan fingerprint density at radius 1 is 1.31 bits per heavy atom. The lowest BCUT2D eigenvalue weighted by atomic mass is 10.0. The third-order valence-electron chi connectivity index (χ3n) is 3.91. The number of carbonyl (C=O) groups is 2. The Kier molecular flexibility index (Phi) is 5.89. The van der Waals surface area contributed by atoms with Crippen LogP contribution in [0.5, 0.6) is 5.75 Å². The summed E-state index contributed by atoms with van der Waals surface area (Å²) < 4.78 is 37.4. The van der Waals surface area contributed by atoms with E-state index in [9.17, 15) is 23.1 Å². The van der Waals surface area contributed by atoms with Crippen LogP contribution in [0.25, 0.3) is 0 Å². The highest BCUT2D eigenvalue weighted by atomic mass is 32.2. The molecule has 0 bridgehead atoms. The summed E-state index contributed by atoms with van der Waals surface area (Å²) in [6.45, 7) is 1.05. The standard InChI is InChI=1S/C16H22N2O7S/c1-16(9-24-2,15(20)21)17-14(19)10-4-7-12(25-3)13(8-10)26(22,23)18-11-5-6-11/h4,7-8,11,18H,5-6,9H2,1-3H3,(H,17,19)(H,20,21). The molecule has 1 aromatic rings. The van der Waals surface area contributed by atoms with Gasteiger partial charge in [-0.25, -0.2) is 17.9 Å². The lowest BCUT2D eigenvalue weighted by Crippen LogP contribution is -2.55. The number of hydrogen-bond donors (Lipinski definition) is 3. The molecule has 0 aromatic heterocycles. The number of hydrogen-bond acceptors (Lipinski definition) is 6. The first-order chi connectivity index (χ1) is 12.1. The molecule has 9 nitrogen and oxygen atoms in total. The van der Waals surface area contributed by atoms with Crippen LogP contribution in [-0.2, 0) is 19.6 Å². The summed E-state index contributed by atoms with van der Waals surface area (Å²) >= 11 is 0. The molecule has 0 saturated heterocycles. The zero-order chi connectivity index (χ0) is 19.5. The SMILES string of the molecule is COCC(C)(NC(=O)c1ccc(OC)c(S(=O)(=O)NC2CC2)c1)C(=O)O. The number of carbonyl (C=O) groups excluding carboxylic acids is 1. The van der Waals surface area contributed by atoms with Crippen molar-refractivity contribution in [2.45, 2.75) is 36.2 Å². The average molecular weight is 386 g/mol. The highest BCUT2D eigenvalue weighted by molar-refractivity contribution is 7.89. The summed E-state index contributed by atoms with van der Waals surface area (Å²) in [5.41, 5.74) is -1.66. The van der Waals surface area contributed by atoms with Gasteiger partial charge in [-0.3, -0.25) is 4.79 Å². The van der Waals surface area contributed by atoms with Crippen LogP contribution in [0.3, 0.4) is 0 Å². The van der Waals surface area contributed by atoms with E-state index in [1.165, 1.54) is 33.3 Å². The Balaban J connectivity index is 2.33. The van der Waals surface area contributed by atoms with Crippen molar-refractivity contribution >= 4 is 21.9 Å². The maximum atomic E-state index is 12.5. The van der Waals surface area contributed by atoms with E-state index < -0.39 is 27.4 Å². The molecule has 10 heteroatoms. The minimum absolute atomic E-state index is 0.00875. The summed E-state index contributed by atoms with van der Waals surface area (Å²) in [6, 6.07) is 3.76. The molecule has 0 spiro atoms. The van der Waals surface area contributed by atoms with Crippen LogP contribution in [0.15, 0.2) is 23.1 Å². The number of ether oxygens (including phenoxy) is 2. The van der Waals surface area contributed by atoms with Gasteiger partial charge in [0.15, 0.2) is 5.54 Å². The average Bonchev–Trinajstić information content (AvgIpc) is 3.37. The van der Waals surface area contributed by atoms with Crippen LogP contribution in [0.4, 0.5) is 0 Å². The first-order valence-corrected chi connectivity index (χ1v) is 9.36. The van der Waals surface area contributed by atoms with E-state index >= 15 is 0 Å². The maximum Gasteiger partial charge on any atom is 0.331 e. The summed E-state index contributed by atoms with van der Waals surface area (Å²) in [4.78, 5) is 23.7. The molecular weight excluding hydrogens is 364 g/mol. The van der Waals surface area contributed by atoms with Crippen LogP contribution in [-0.4, -0.2) is 57.8 Å². The van der Waals surface area contributed by atoms with E-state index in [2.05, 4.69) is 10.0 Å². The summed E-state index contributed by atoms with van der Waals surface area (Å²) in [6.07, 6.45) is 1.52. The Hall–Kier alpha value is -2.17. The van der Waals surface area contributed by atoms with Gasteiger partial charge in [-0.2, -0.15) is 0 Å². The van der Waals surface area contributed by atoms with Crippen molar-refractivity contribution in [1.29, 1.82) is 0 Å². The quantitative estimate of drug-likeness (QED) is 0.558. The van der Waals surface area contributed by atoms with Crippen molar-refractivity contribution in [3.8, 4) is 5.75 Å². The van der Waals surface area contributed by atoms with Crippen molar-refractivity contribution in [3.63, 3.8) is 0 Å². The number of methoxy groups -OCH3 is 2. The zero-order valence-electron chi connectivity index (χ0n) is 14.7. The van der Waals surface area contributed by atoms with Gasteiger partial charge in [0.2, 0.25) is 10.0 Å². The van der Waals surface area contributed by atoms with Crippen LogP contribution >= 0.6 is 0 Å². The van der Waals surface area contributed by atoms with E-state index in [0.29, 0.717) is 0 Å². The number of sulfonamides is 1. The van der Waals surface area contributed by atoms with E-state index in [-0.39, 0.29) is 28.9 Å². The largest absolute Gasteiger partial charge is 0.495 e. The molecule has 1 aliphatic carbocycles. The van der Waals surface area contributed by atoms with E-state index in [1.807, 2.05) is 0 Å². The highest BCUT2D eigenvalue weighted by Crippen LogP contribution is 2.28. The van der Waals surface area contributed by atoms with Gasteiger partial charge in [-0.05, 0) is 38.0 Å². The molecule has 0 heterocycles. The number of carboxylic acid groups (broad SMARTS) is 1. The van der Waals surface area contributed by atoms with Gasteiger partial charge in [0.05, 0.1) is 13.7 Å². The molecule has 0 aliphatic heterocycles. The minimum Gasteiger partial charge on any atom is -0.495 e. The predicted molar refractivity (Wildman–Crippen MR) is 91.7 cm³/mol. The fraction of sp³-hybridized carbons (Fsp3) is 0.500. The van der Waals surface area contributed by atoms with Crippen LogP contribution in [0, 0.1) is 0 Å². The molecule has 144 valence electrons. The molecule has 1 amide bonds. The lowest BCUT2D eigenvalue weighted by molar-refractivity contribution is -0.145. The smallest absolute Gasteiger partial charge is 0.331 e. The van der Waals surface area contributed by atoms with Gasteiger partial charge in [0, 0.05) is 18.7 Å². The normalized spacial score (nSPS) is 16.6. The molecule has 1 aromatic carbocycles. The second-order valence-electron chi connectivity index (χ2n) is 6.29. The highest BCUT2D eigenvalue weighted by Gasteiger charge is 2.36. The second-order valence-corrected chi connectivity index (χ2v) is 7.97. The van der Waals surface area contributed by atoms with Crippen LogP contribution in [0.2, 0.25) is 0 Å². The van der Waals surface area contributed by atoms with Gasteiger partial charge in [0.25, 0.3) is 5.91 Å². The summed E-state index contributed by atoms with van der Waals surface area (Å²) in [7, 11) is -1.22. The van der Waals surface area contributed by atoms with Gasteiger partial charge in [-0.15, -0.1) is 0 Å². The second kappa shape index (κ2) is 7.60. The minimum atomic E-state index is -3.86. The van der Waals surface area contributed by atoms with Gasteiger partial charge in [-0.1, -0.05) is 0 Å². The maximum absolute atomic E-state index is 12.5. The summed E-state index contributed by atoms with van der Waals surface area (Å²) in [5.74, 6) is -1.92. The summed E-state index contributed by atoms with van der Waals surface area (Å²) in [5, 5.41) is 11.7. The fourth-order valence-corrected chi connectivity index (χ4v) is 3.77. The van der Waals surface area contributed by atoms with E-state index in [0.717, 1.165) is 18.9 Å². The molecule has 0 radical (unpaired) electrons. The fourth-order valence-electron chi connectivity index (χ4n) is 2.27. The zero-order valence-corrected chi connectivity index (χ0v) is 15.6. The topological polar surface area (TPSA) is 131 Å². The van der Waals surface area contributed by atoms with Crippen molar-refractivity contribution in [1.82, 2.24) is 10.0 Å². The number of carboxylic acids is 1. The van der Waals surface area contributed by atoms with Crippen molar-refractivity contribution in [2.24, 2.45) is 0 Å². The molecule has 26 heavy (non-hydrogen) atoms. The predicted octanol–water partition coefficient (Wildman–Crippen LogP) is 0.355. The molecule has 2 rings (SSSR count). The first kappa shape index (κ1) is 20.1. The number of benzene rings is 1. The molecular formula is C16H22N2O7S. The van der Waals surface area contributed by atoms with Gasteiger partial charge >= 0.3 is 5.97 Å². The Bertz CT molecular complexity index is 805. The van der Waals surface area contributed by atoms with Crippen molar-refractivity contribution in [2.75, 3.05) is 20.8 Å². The molecule has 1 atom stereocenters. The lowest BCUT2D eigenvalue weighted by Gasteiger charge is -2.25. The Morgan fingerprint density at radius 2 is 1.96 bits per heavy atom. The Morgan fingerprint density at radius 3 is 2.46 bits per heavy atom. The van der Waals surface area contributed by atoms with Gasteiger partial charge in [0.1, 0.15) is 10.6 Å². The molecule has 3 N–H and O–H groups in total. The third kappa shape index (κ3) is 4.51. The van der Waals surface area contributed by atoms with Crippen molar-refractivity contribution in [3.05, 3.63) is 23.8 Å². The molecule has 1 unspecified atom stereocenters. The monoisotopic (exact) mass is 386 g/mol. The molecule has 1 aliphatic rings. The van der Waals surface area contributed by atoms with E-state index in [4.69, 9.17) is 9.47 Å². The van der Waals surface area contributed by atoms with Gasteiger partial charge < -0.3 is 19.9 Å². The number of amides is 1. The van der Waals surface area contributed by atoms with Crippen LogP contribution < -0.4 is 14.8 Å². The van der Waals surface area contributed by atoms with E-state index in [1.54, 1.807) is 0 Å².